The van der Waals surface area contributed by atoms with Crippen molar-refractivity contribution in [1.82, 2.24) is 16.0 Å². The standard InChI is InChI=1S/C24H27FN4O2S/c1-2-7-27-23(30)21-11-17(13-32-21)14-3-4-15(20(25)10-14)8-19(12-26)29-24(31)22-16-5-6-18(9-16)28-22/h3-4,10-11,13,16,18-19,22,28H,2,5-9H2,1H3,(H,27,30)(H,29,31). The van der Waals surface area contributed by atoms with Gasteiger partial charge in [0.25, 0.3) is 5.91 Å². The molecule has 2 fully saturated rings. The molecule has 1 saturated carbocycles. The normalized spacial score (nSPS) is 22.3. The maximum absolute atomic E-state index is 14.8. The third-order valence-corrected chi connectivity index (χ3v) is 7.21. The molecule has 2 amide bonds. The van der Waals surface area contributed by atoms with Crippen molar-refractivity contribution in [2.75, 3.05) is 6.54 Å². The van der Waals surface area contributed by atoms with E-state index in [4.69, 9.17) is 0 Å². The average molecular weight is 455 g/mol. The number of carbonyl (C=O) groups excluding carboxylic acids is 2. The molecule has 1 saturated heterocycles. The number of rotatable bonds is 8. The second-order valence-corrected chi connectivity index (χ2v) is 9.48. The molecule has 4 rings (SSSR count). The zero-order valence-corrected chi connectivity index (χ0v) is 18.8. The van der Waals surface area contributed by atoms with Crippen molar-refractivity contribution in [1.29, 1.82) is 5.26 Å². The van der Waals surface area contributed by atoms with Gasteiger partial charge in [-0.15, -0.1) is 11.3 Å². The molecule has 2 bridgehead atoms. The Balaban J connectivity index is 1.39. The van der Waals surface area contributed by atoms with Crippen molar-refractivity contribution in [3.8, 4) is 17.2 Å². The summed E-state index contributed by atoms with van der Waals surface area (Å²) in [5.41, 5.74) is 1.81. The fourth-order valence-corrected chi connectivity index (χ4v) is 5.42. The lowest BCUT2D eigenvalue weighted by atomic mass is 9.98. The summed E-state index contributed by atoms with van der Waals surface area (Å²) in [6, 6.07) is 8.04. The second kappa shape index (κ2) is 9.80. The first kappa shape index (κ1) is 22.4. The number of nitrogens with zero attached hydrogens (tertiary/aromatic N) is 1. The third-order valence-electron chi connectivity index (χ3n) is 6.28. The predicted octanol–water partition coefficient (Wildman–Crippen LogP) is 3.39. The fraction of sp³-hybridized carbons (Fsp3) is 0.458. The van der Waals surface area contributed by atoms with Gasteiger partial charge in [0.05, 0.1) is 17.0 Å². The minimum Gasteiger partial charge on any atom is -0.351 e. The smallest absolute Gasteiger partial charge is 0.261 e. The van der Waals surface area contributed by atoms with Crippen LogP contribution >= 0.6 is 11.3 Å². The van der Waals surface area contributed by atoms with Crippen LogP contribution in [0.5, 0.6) is 0 Å². The maximum atomic E-state index is 14.8. The van der Waals surface area contributed by atoms with Crippen molar-refractivity contribution in [3.63, 3.8) is 0 Å². The van der Waals surface area contributed by atoms with E-state index in [-0.39, 0.29) is 24.3 Å². The summed E-state index contributed by atoms with van der Waals surface area (Å²) in [6.45, 7) is 2.60. The molecule has 1 aliphatic carbocycles. The Labute approximate surface area is 191 Å². The van der Waals surface area contributed by atoms with E-state index in [0.717, 1.165) is 31.2 Å². The number of thiophene rings is 1. The summed E-state index contributed by atoms with van der Waals surface area (Å²) in [6.07, 6.45) is 4.11. The van der Waals surface area contributed by atoms with E-state index in [1.54, 1.807) is 18.2 Å². The summed E-state index contributed by atoms with van der Waals surface area (Å²) < 4.78 is 14.8. The predicted molar refractivity (Wildman–Crippen MR) is 122 cm³/mol. The largest absolute Gasteiger partial charge is 0.351 e. The van der Waals surface area contributed by atoms with Gasteiger partial charge in [0.1, 0.15) is 11.9 Å². The van der Waals surface area contributed by atoms with E-state index in [2.05, 4.69) is 22.0 Å². The molecule has 1 aliphatic heterocycles. The molecule has 32 heavy (non-hydrogen) atoms. The number of amides is 2. The van der Waals surface area contributed by atoms with Crippen LogP contribution < -0.4 is 16.0 Å². The van der Waals surface area contributed by atoms with Crippen molar-refractivity contribution in [3.05, 3.63) is 45.9 Å². The molecule has 8 heteroatoms. The highest BCUT2D eigenvalue weighted by molar-refractivity contribution is 7.12. The molecule has 1 aromatic heterocycles. The topological polar surface area (TPSA) is 94.0 Å². The Hall–Kier alpha value is -2.76. The van der Waals surface area contributed by atoms with Crippen LogP contribution in [0.3, 0.4) is 0 Å². The number of nitriles is 1. The molecule has 1 aromatic carbocycles. The van der Waals surface area contributed by atoms with Gasteiger partial charge in [-0.05, 0) is 65.8 Å². The van der Waals surface area contributed by atoms with Gasteiger partial charge in [0, 0.05) is 19.0 Å². The highest BCUT2D eigenvalue weighted by atomic mass is 32.1. The monoisotopic (exact) mass is 454 g/mol. The van der Waals surface area contributed by atoms with Gasteiger partial charge in [-0.2, -0.15) is 5.26 Å². The van der Waals surface area contributed by atoms with Crippen LogP contribution in [-0.4, -0.2) is 36.5 Å². The van der Waals surface area contributed by atoms with Gasteiger partial charge in [-0.1, -0.05) is 19.1 Å². The lowest BCUT2D eigenvalue weighted by Gasteiger charge is -2.23. The lowest BCUT2D eigenvalue weighted by molar-refractivity contribution is -0.124. The van der Waals surface area contributed by atoms with Crippen molar-refractivity contribution >= 4 is 23.2 Å². The van der Waals surface area contributed by atoms with Crippen LogP contribution in [0.1, 0.15) is 47.8 Å². The number of piperidine rings is 1. The van der Waals surface area contributed by atoms with E-state index >= 15 is 0 Å². The quantitative estimate of drug-likeness (QED) is 0.570. The summed E-state index contributed by atoms with van der Waals surface area (Å²) in [4.78, 5) is 25.3. The fourth-order valence-electron chi connectivity index (χ4n) is 4.59. The van der Waals surface area contributed by atoms with E-state index in [9.17, 15) is 19.2 Å². The number of nitrogens with one attached hydrogen (secondary N) is 3. The number of benzene rings is 1. The van der Waals surface area contributed by atoms with E-state index in [1.165, 1.54) is 17.4 Å². The maximum Gasteiger partial charge on any atom is 0.261 e. The van der Waals surface area contributed by atoms with E-state index < -0.39 is 11.9 Å². The minimum atomic E-state index is -0.793. The lowest BCUT2D eigenvalue weighted by Crippen LogP contribution is -2.50. The Morgan fingerprint density at radius 3 is 2.81 bits per heavy atom. The highest BCUT2D eigenvalue weighted by Crippen LogP contribution is 2.35. The van der Waals surface area contributed by atoms with Crippen molar-refractivity contribution < 1.29 is 14.0 Å². The number of hydrogen-bond acceptors (Lipinski definition) is 5. The van der Waals surface area contributed by atoms with Gasteiger partial charge in [-0.3, -0.25) is 9.59 Å². The molecule has 0 radical (unpaired) electrons. The number of carbonyl (C=O) groups is 2. The van der Waals surface area contributed by atoms with E-state index in [0.29, 0.717) is 34.5 Å². The van der Waals surface area contributed by atoms with Gasteiger partial charge in [0.15, 0.2) is 0 Å². The zero-order valence-electron chi connectivity index (χ0n) is 18.0. The molecule has 168 valence electrons. The number of halogens is 1. The SMILES string of the molecule is CCCNC(=O)c1cc(-c2ccc(CC(C#N)NC(=O)C3NC4CCC3C4)c(F)c2)cs1. The summed E-state index contributed by atoms with van der Waals surface area (Å²) in [7, 11) is 0. The number of fused-ring (bicyclic) bond motifs is 2. The Morgan fingerprint density at radius 1 is 1.31 bits per heavy atom. The molecule has 2 aromatic rings. The van der Waals surface area contributed by atoms with Crippen LogP contribution in [0.15, 0.2) is 29.6 Å². The summed E-state index contributed by atoms with van der Waals surface area (Å²) in [5.74, 6) is -0.404. The van der Waals surface area contributed by atoms with Gasteiger partial charge >= 0.3 is 0 Å². The van der Waals surface area contributed by atoms with Crippen LogP contribution in [0.4, 0.5) is 4.39 Å². The Kier molecular flexibility index (Phi) is 6.87. The molecule has 3 N–H and O–H groups in total. The molecule has 2 heterocycles. The summed E-state index contributed by atoms with van der Waals surface area (Å²) in [5, 5.41) is 20.3. The van der Waals surface area contributed by atoms with E-state index in [1.807, 2.05) is 12.3 Å². The van der Waals surface area contributed by atoms with Gasteiger partial charge in [-0.25, -0.2) is 4.39 Å². The first-order chi connectivity index (χ1) is 15.5. The van der Waals surface area contributed by atoms with Crippen LogP contribution in [-0.2, 0) is 11.2 Å². The Morgan fingerprint density at radius 2 is 2.16 bits per heavy atom. The molecule has 4 atom stereocenters. The first-order valence-corrected chi connectivity index (χ1v) is 12.0. The second-order valence-electron chi connectivity index (χ2n) is 8.57. The van der Waals surface area contributed by atoms with Gasteiger partial charge < -0.3 is 16.0 Å². The summed E-state index contributed by atoms with van der Waals surface area (Å²) >= 11 is 1.32. The van der Waals surface area contributed by atoms with Crippen LogP contribution in [0.25, 0.3) is 11.1 Å². The average Bonchev–Trinajstić information content (AvgIpc) is 3.55. The molecule has 6 nitrogen and oxygen atoms in total. The Bertz CT molecular complexity index is 1050. The zero-order chi connectivity index (χ0) is 22.7. The van der Waals surface area contributed by atoms with Crippen LogP contribution in [0.2, 0.25) is 0 Å². The molecular formula is C24H27FN4O2S. The van der Waals surface area contributed by atoms with Gasteiger partial charge in [0.2, 0.25) is 5.91 Å². The highest BCUT2D eigenvalue weighted by Gasteiger charge is 2.43. The van der Waals surface area contributed by atoms with Crippen LogP contribution in [0, 0.1) is 23.1 Å². The molecule has 2 aliphatic rings. The minimum absolute atomic E-state index is 0.101. The molecular weight excluding hydrogens is 427 g/mol. The molecule has 4 unspecified atom stereocenters. The van der Waals surface area contributed by atoms with Crippen molar-refractivity contribution in [2.45, 2.75) is 57.2 Å². The van der Waals surface area contributed by atoms with Crippen molar-refractivity contribution in [2.24, 2.45) is 5.92 Å². The first-order valence-electron chi connectivity index (χ1n) is 11.1. The third kappa shape index (κ3) is 4.84. The molecule has 0 spiro atoms. The number of hydrogen-bond donors (Lipinski definition) is 3.